The van der Waals surface area contributed by atoms with E-state index < -0.39 is 5.97 Å². The number of rotatable bonds is 3. The van der Waals surface area contributed by atoms with Crippen molar-refractivity contribution in [1.82, 2.24) is 0 Å². The van der Waals surface area contributed by atoms with E-state index in [1.807, 2.05) is 18.2 Å². The molecule has 0 spiro atoms. The minimum Gasteiger partial charge on any atom is -0.478 e. The fraction of sp³-hybridized carbons (Fsp3) is 0.0667. The first-order valence-electron chi connectivity index (χ1n) is 5.71. The van der Waals surface area contributed by atoms with Gasteiger partial charge in [-0.15, -0.1) is 0 Å². The molecule has 1 N–H and O–H groups in total. The summed E-state index contributed by atoms with van der Waals surface area (Å²) in [6, 6.07) is 12.4. The molecule has 0 atom stereocenters. The summed E-state index contributed by atoms with van der Waals surface area (Å²) < 4.78 is 0. The zero-order chi connectivity index (χ0) is 13.8. The predicted octanol–water partition coefficient (Wildman–Crippen LogP) is 4.10. The minimum absolute atomic E-state index is 0.258. The highest BCUT2D eigenvalue weighted by Gasteiger charge is 2.08. The maximum atomic E-state index is 11.0. The summed E-state index contributed by atoms with van der Waals surface area (Å²) in [7, 11) is 0. The fourth-order valence-corrected chi connectivity index (χ4v) is 1.90. The van der Waals surface area contributed by atoms with Crippen molar-refractivity contribution >= 4 is 29.5 Å². The van der Waals surface area contributed by atoms with Crippen molar-refractivity contribution in [2.24, 2.45) is 4.99 Å². The Kier molecular flexibility index (Phi) is 3.97. The quantitative estimate of drug-likeness (QED) is 0.856. The van der Waals surface area contributed by atoms with Crippen LogP contribution in [-0.2, 0) is 0 Å². The van der Waals surface area contributed by atoms with E-state index in [2.05, 4.69) is 4.99 Å². The largest absolute Gasteiger partial charge is 0.478 e. The average Bonchev–Trinajstić information content (AvgIpc) is 2.39. The Hall–Kier alpha value is -2.13. The van der Waals surface area contributed by atoms with E-state index in [4.69, 9.17) is 16.7 Å². The Labute approximate surface area is 116 Å². The van der Waals surface area contributed by atoms with Gasteiger partial charge in [-0.1, -0.05) is 35.9 Å². The third kappa shape index (κ3) is 3.01. The molecular weight excluding hydrogens is 262 g/mol. The molecule has 0 amide bonds. The number of carboxylic acid groups (broad SMARTS) is 1. The van der Waals surface area contributed by atoms with E-state index in [1.165, 1.54) is 0 Å². The van der Waals surface area contributed by atoms with Crippen LogP contribution in [0.25, 0.3) is 0 Å². The molecule has 0 radical (unpaired) electrons. The lowest BCUT2D eigenvalue weighted by Crippen LogP contribution is -1.99. The molecule has 2 aromatic carbocycles. The lowest BCUT2D eigenvalue weighted by Gasteiger charge is -2.04. The molecule has 0 saturated heterocycles. The van der Waals surface area contributed by atoms with Crippen molar-refractivity contribution in [2.75, 3.05) is 0 Å². The molecule has 2 rings (SSSR count). The molecule has 0 heterocycles. The van der Waals surface area contributed by atoms with Gasteiger partial charge in [0.25, 0.3) is 0 Å². The van der Waals surface area contributed by atoms with Gasteiger partial charge in [0.05, 0.1) is 11.3 Å². The van der Waals surface area contributed by atoms with E-state index in [9.17, 15) is 4.79 Å². The van der Waals surface area contributed by atoms with E-state index in [1.54, 1.807) is 37.4 Å². The number of aromatic carboxylic acids is 1. The molecule has 2 aromatic rings. The number of carbonyl (C=O) groups is 1. The van der Waals surface area contributed by atoms with E-state index in [0.717, 1.165) is 5.56 Å². The molecule has 0 aliphatic carbocycles. The Morgan fingerprint density at radius 3 is 2.63 bits per heavy atom. The van der Waals surface area contributed by atoms with Gasteiger partial charge in [0.2, 0.25) is 0 Å². The first-order valence-corrected chi connectivity index (χ1v) is 6.09. The van der Waals surface area contributed by atoms with Gasteiger partial charge in [0.1, 0.15) is 0 Å². The number of carboxylic acids is 1. The summed E-state index contributed by atoms with van der Waals surface area (Å²) in [5.41, 5.74) is 2.32. The normalized spacial score (nSPS) is 10.8. The van der Waals surface area contributed by atoms with Crippen molar-refractivity contribution in [1.29, 1.82) is 0 Å². The van der Waals surface area contributed by atoms with E-state index >= 15 is 0 Å². The van der Waals surface area contributed by atoms with Gasteiger partial charge in [-0.2, -0.15) is 0 Å². The van der Waals surface area contributed by atoms with Crippen LogP contribution in [0.2, 0.25) is 5.02 Å². The number of benzene rings is 2. The van der Waals surface area contributed by atoms with Crippen LogP contribution in [0.5, 0.6) is 0 Å². The van der Waals surface area contributed by atoms with Crippen molar-refractivity contribution in [3.05, 3.63) is 64.2 Å². The average molecular weight is 274 g/mol. The highest BCUT2D eigenvalue weighted by Crippen LogP contribution is 2.22. The van der Waals surface area contributed by atoms with Crippen molar-refractivity contribution in [3.63, 3.8) is 0 Å². The summed E-state index contributed by atoms with van der Waals surface area (Å²) in [5.74, 6) is -0.952. The monoisotopic (exact) mass is 273 g/mol. The lowest BCUT2D eigenvalue weighted by molar-refractivity contribution is 0.0696. The van der Waals surface area contributed by atoms with Crippen LogP contribution in [0.1, 0.15) is 21.5 Å². The van der Waals surface area contributed by atoms with Gasteiger partial charge in [-0.3, -0.25) is 4.99 Å². The van der Waals surface area contributed by atoms with Gasteiger partial charge in [-0.05, 0) is 30.7 Å². The molecule has 0 fully saturated rings. The maximum absolute atomic E-state index is 11.0. The lowest BCUT2D eigenvalue weighted by atomic mass is 10.1. The summed E-state index contributed by atoms with van der Waals surface area (Å²) in [6.45, 7) is 1.74. The first kappa shape index (κ1) is 13.3. The third-order valence-electron chi connectivity index (χ3n) is 2.78. The van der Waals surface area contributed by atoms with Gasteiger partial charge in [0, 0.05) is 16.8 Å². The van der Waals surface area contributed by atoms with Crippen LogP contribution < -0.4 is 0 Å². The predicted molar refractivity (Wildman–Crippen MR) is 76.8 cm³/mol. The van der Waals surface area contributed by atoms with Crippen LogP contribution >= 0.6 is 11.6 Å². The number of aliphatic imine (C=N–C) groups is 1. The molecule has 0 unspecified atom stereocenters. The second-order valence-corrected chi connectivity index (χ2v) is 4.44. The van der Waals surface area contributed by atoms with Gasteiger partial charge in [-0.25, -0.2) is 4.79 Å². The SMILES string of the molecule is Cc1c(/N=C/c2ccccc2Cl)cccc1C(=O)O. The van der Waals surface area contributed by atoms with Crippen LogP contribution in [-0.4, -0.2) is 17.3 Å². The number of hydrogen-bond acceptors (Lipinski definition) is 2. The zero-order valence-corrected chi connectivity index (χ0v) is 11.1. The molecular formula is C15H12ClNO2. The minimum atomic E-state index is -0.952. The first-order chi connectivity index (χ1) is 9.09. The molecule has 0 bridgehead atoms. The Balaban J connectivity index is 2.37. The van der Waals surface area contributed by atoms with Crippen molar-refractivity contribution < 1.29 is 9.90 Å². The highest BCUT2D eigenvalue weighted by atomic mass is 35.5. The Bertz CT molecular complexity index is 650. The molecule has 0 aliphatic rings. The summed E-state index contributed by atoms with van der Waals surface area (Å²) in [6.07, 6.45) is 1.64. The second-order valence-electron chi connectivity index (χ2n) is 4.03. The number of halogens is 1. The summed E-state index contributed by atoms with van der Waals surface area (Å²) >= 11 is 6.03. The van der Waals surface area contributed by atoms with Crippen LogP contribution in [0.15, 0.2) is 47.5 Å². The fourth-order valence-electron chi connectivity index (χ4n) is 1.71. The molecule has 96 valence electrons. The third-order valence-corrected chi connectivity index (χ3v) is 3.13. The zero-order valence-electron chi connectivity index (χ0n) is 10.3. The van der Waals surface area contributed by atoms with Crippen molar-refractivity contribution in [2.45, 2.75) is 6.92 Å². The molecule has 0 aliphatic heterocycles. The van der Waals surface area contributed by atoms with Crippen LogP contribution in [0.4, 0.5) is 5.69 Å². The van der Waals surface area contributed by atoms with Gasteiger partial charge >= 0.3 is 5.97 Å². The second kappa shape index (κ2) is 5.67. The van der Waals surface area contributed by atoms with Crippen LogP contribution in [0, 0.1) is 6.92 Å². The highest BCUT2D eigenvalue weighted by molar-refractivity contribution is 6.33. The standard InChI is InChI=1S/C15H12ClNO2/c1-10-12(15(18)19)6-4-8-14(10)17-9-11-5-2-3-7-13(11)16/h2-9H,1H3,(H,18,19)/b17-9+. The molecule has 0 saturated carbocycles. The molecule has 3 nitrogen and oxygen atoms in total. The molecule has 4 heteroatoms. The maximum Gasteiger partial charge on any atom is 0.336 e. The Morgan fingerprint density at radius 2 is 1.95 bits per heavy atom. The van der Waals surface area contributed by atoms with E-state index in [-0.39, 0.29) is 5.56 Å². The molecule has 0 aromatic heterocycles. The van der Waals surface area contributed by atoms with E-state index in [0.29, 0.717) is 16.3 Å². The topological polar surface area (TPSA) is 49.7 Å². The van der Waals surface area contributed by atoms with Crippen molar-refractivity contribution in [3.8, 4) is 0 Å². The smallest absolute Gasteiger partial charge is 0.336 e. The van der Waals surface area contributed by atoms with Crippen LogP contribution in [0.3, 0.4) is 0 Å². The van der Waals surface area contributed by atoms with Gasteiger partial charge in [0.15, 0.2) is 0 Å². The summed E-state index contributed by atoms with van der Waals surface area (Å²) in [5, 5.41) is 9.66. The number of hydrogen-bond donors (Lipinski definition) is 1. The molecule has 19 heavy (non-hydrogen) atoms. The number of nitrogens with zero attached hydrogens (tertiary/aromatic N) is 1. The Morgan fingerprint density at radius 1 is 1.21 bits per heavy atom. The summed E-state index contributed by atoms with van der Waals surface area (Å²) in [4.78, 5) is 15.3. The van der Waals surface area contributed by atoms with Gasteiger partial charge < -0.3 is 5.11 Å².